The summed E-state index contributed by atoms with van der Waals surface area (Å²) in [6.45, 7) is 0.0760. The number of rotatable bonds is 4. The Balaban J connectivity index is 2.45. The highest BCUT2D eigenvalue weighted by Crippen LogP contribution is 2.32. The van der Waals surface area contributed by atoms with Crippen molar-refractivity contribution in [3.05, 3.63) is 33.3 Å². The van der Waals surface area contributed by atoms with Gasteiger partial charge in [-0.3, -0.25) is 14.9 Å². The van der Waals surface area contributed by atoms with Gasteiger partial charge in [0.25, 0.3) is 5.69 Å². The molecule has 1 N–H and O–H groups in total. The number of halogens is 1. The van der Waals surface area contributed by atoms with Crippen molar-refractivity contribution in [3.63, 3.8) is 0 Å². The first-order chi connectivity index (χ1) is 9.75. The van der Waals surface area contributed by atoms with Gasteiger partial charge in [-0.15, -0.1) is 0 Å². The maximum atomic E-state index is 12.5. The largest absolute Gasteiger partial charge is 0.480 e. The van der Waals surface area contributed by atoms with E-state index in [-0.39, 0.29) is 28.6 Å². The number of carboxylic acids is 1. The number of carboxylic acid groups (broad SMARTS) is 1. The van der Waals surface area contributed by atoms with E-state index in [4.69, 9.17) is 16.7 Å². The highest BCUT2D eigenvalue weighted by atomic mass is 35.5. The molecule has 1 saturated heterocycles. The van der Waals surface area contributed by atoms with Crippen LogP contribution >= 0.6 is 11.6 Å². The van der Waals surface area contributed by atoms with Gasteiger partial charge >= 0.3 is 5.97 Å². The van der Waals surface area contributed by atoms with Crippen molar-refractivity contribution in [2.75, 3.05) is 6.54 Å². The number of nitro benzene ring substituents is 1. The first kappa shape index (κ1) is 15.7. The molecule has 2 rings (SSSR count). The second-order valence-corrected chi connectivity index (χ2v) is 6.75. The highest BCUT2D eigenvalue weighted by molar-refractivity contribution is 7.89. The number of sulfonamides is 1. The molecule has 21 heavy (non-hydrogen) atoms. The summed E-state index contributed by atoms with van der Waals surface area (Å²) in [5.41, 5.74) is -0.338. The van der Waals surface area contributed by atoms with Crippen LogP contribution in [0.4, 0.5) is 5.69 Å². The third-order valence-electron chi connectivity index (χ3n) is 3.20. The Labute approximate surface area is 125 Å². The molecule has 1 aromatic rings. The van der Waals surface area contributed by atoms with E-state index in [0.717, 1.165) is 22.5 Å². The Hall–Kier alpha value is -1.71. The number of non-ortho nitro benzene ring substituents is 1. The number of carbonyl (C=O) groups is 1. The van der Waals surface area contributed by atoms with Gasteiger partial charge in [0.2, 0.25) is 10.0 Å². The van der Waals surface area contributed by atoms with E-state index in [0.29, 0.717) is 6.42 Å². The second-order valence-electron chi connectivity index (χ2n) is 4.48. The molecule has 8 nitrogen and oxygen atoms in total. The van der Waals surface area contributed by atoms with Crippen LogP contribution in [0.3, 0.4) is 0 Å². The topological polar surface area (TPSA) is 118 Å². The summed E-state index contributed by atoms with van der Waals surface area (Å²) < 4.78 is 25.8. The summed E-state index contributed by atoms with van der Waals surface area (Å²) in [6, 6.07) is 1.83. The van der Waals surface area contributed by atoms with Crippen LogP contribution in [0.25, 0.3) is 0 Å². The van der Waals surface area contributed by atoms with Gasteiger partial charge in [-0.2, -0.15) is 4.31 Å². The number of nitrogens with zero attached hydrogens (tertiary/aromatic N) is 2. The smallest absolute Gasteiger partial charge is 0.322 e. The molecule has 1 aromatic carbocycles. The maximum absolute atomic E-state index is 12.5. The summed E-state index contributed by atoms with van der Waals surface area (Å²) in [5, 5.41) is 19.4. The summed E-state index contributed by atoms with van der Waals surface area (Å²) >= 11 is 5.81. The average molecular weight is 335 g/mol. The lowest BCUT2D eigenvalue weighted by Gasteiger charge is -2.21. The number of aliphatic carboxylic acids is 1. The van der Waals surface area contributed by atoms with Crippen molar-refractivity contribution in [2.24, 2.45) is 0 Å². The molecule has 0 aromatic heterocycles. The highest BCUT2D eigenvalue weighted by Gasteiger charge is 2.40. The second kappa shape index (κ2) is 5.58. The lowest BCUT2D eigenvalue weighted by Crippen LogP contribution is -2.40. The Morgan fingerprint density at radius 2 is 2.14 bits per heavy atom. The molecular weight excluding hydrogens is 324 g/mol. The first-order valence-electron chi connectivity index (χ1n) is 5.93. The molecule has 1 fully saturated rings. The molecule has 0 bridgehead atoms. The molecule has 0 saturated carbocycles. The maximum Gasteiger partial charge on any atom is 0.322 e. The van der Waals surface area contributed by atoms with Crippen LogP contribution in [0.5, 0.6) is 0 Å². The summed E-state index contributed by atoms with van der Waals surface area (Å²) in [4.78, 5) is 20.7. The molecule has 114 valence electrons. The SMILES string of the molecule is O=C(O)C1CCCN1S(=O)(=O)c1ccc([N+](=O)[O-])cc1Cl. The van der Waals surface area contributed by atoms with Crippen LogP contribution in [-0.2, 0) is 14.8 Å². The van der Waals surface area contributed by atoms with E-state index >= 15 is 0 Å². The number of hydrogen-bond acceptors (Lipinski definition) is 5. The van der Waals surface area contributed by atoms with Crippen molar-refractivity contribution in [2.45, 2.75) is 23.8 Å². The Bertz CT molecular complexity index is 705. The van der Waals surface area contributed by atoms with E-state index in [2.05, 4.69) is 0 Å². The fraction of sp³-hybridized carbons (Fsp3) is 0.364. The lowest BCUT2D eigenvalue weighted by molar-refractivity contribution is -0.384. The molecule has 0 radical (unpaired) electrons. The van der Waals surface area contributed by atoms with E-state index < -0.39 is 27.0 Å². The minimum Gasteiger partial charge on any atom is -0.480 e. The molecule has 1 atom stereocenters. The van der Waals surface area contributed by atoms with Gasteiger partial charge < -0.3 is 5.11 Å². The van der Waals surface area contributed by atoms with Gasteiger partial charge in [-0.1, -0.05) is 11.6 Å². The third kappa shape index (κ3) is 2.85. The van der Waals surface area contributed by atoms with E-state index in [9.17, 15) is 23.3 Å². The fourth-order valence-electron chi connectivity index (χ4n) is 2.21. The van der Waals surface area contributed by atoms with Gasteiger partial charge in [0, 0.05) is 18.7 Å². The molecule has 0 spiro atoms. The molecule has 1 aliphatic heterocycles. The standard InChI is InChI=1S/C11H11ClN2O6S/c12-8-6-7(14(17)18)3-4-10(8)21(19,20)13-5-1-2-9(13)11(15)16/h3-4,6,9H,1-2,5H2,(H,15,16). The van der Waals surface area contributed by atoms with Crippen molar-refractivity contribution >= 4 is 33.3 Å². The zero-order chi connectivity index (χ0) is 15.8. The molecule has 1 heterocycles. The molecule has 1 unspecified atom stereocenters. The Morgan fingerprint density at radius 1 is 1.48 bits per heavy atom. The van der Waals surface area contributed by atoms with Crippen molar-refractivity contribution < 1.29 is 23.2 Å². The Kier molecular flexibility index (Phi) is 4.17. The number of benzene rings is 1. The predicted octanol–water partition coefficient (Wildman–Crippen LogP) is 1.49. The minimum atomic E-state index is -4.11. The molecule has 0 amide bonds. The molecule has 10 heteroatoms. The van der Waals surface area contributed by atoms with Crippen LogP contribution in [0.15, 0.2) is 23.1 Å². The lowest BCUT2D eigenvalue weighted by atomic mass is 10.2. The Morgan fingerprint density at radius 3 is 2.67 bits per heavy atom. The zero-order valence-corrected chi connectivity index (χ0v) is 12.2. The van der Waals surface area contributed by atoms with Crippen LogP contribution in [0, 0.1) is 10.1 Å². The van der Waals surface area contributed by atoms with Crippen molar-refractivity contribution in [1.29, 1.82) is 0 Å². The monoisotopic (exact) mass is 334 g/mol. The normalized spacial score (nSPS) is 19.6. The quantitative estimate of drug-likeness (QED) is 0.658. The summed E-state index contributed by atoms with van der Waals surface area (Å²) in [6.07, 6.45) is 0.653. The third-order valence-corrected chi connectivity index (χ3v) is 5.59. The van der Waals surface area contributed by atoms with Crippen molar-refractivity contribution in [1.82, 2.24) is 4.31 Å². The van der Waals surface area contributed by atoms with E-state index in [1.54, 1.807) is 0 Å². The van der Waals surface area contributed by atoms with Crippen LogP contribution in [-0.4, -0.2) is 41.3 Å². The number of hydrogen-bond donors (Lipinski definition) is 1. The van der Waals surface area contributed by atoms with Gasteiger partial charge in [0.05, 0.1) is 9.95 Å². The molecule has 0 aliphatic carbocycles. The molecule has 1 aliphatic rings. The summed E-state index contributed by atoms with van der Waals surface area (Å²) in [7, 11) is -4.11. The van der Waals surface area contributed by atoms with Crippen LogP contribution in [0.2, 0.25) is 5.02 Å². The molecular formula is C11H11ClN2O6S. The predicted molar refractivity (Wildman–Crippen MR) is 72.7 cm³/mol. The summed E-state index contributed by atoms with van der Waals surface area (Å²) in [5.74, 6) is -1.23. The van der Waals surface area contributed by atoms with Gasteiger partial charge in [-0.25, -0.2) is 8.42 Å². The fourth-order valence-corrected chi connectivity index (χ4v) is 4.38. The van der Waals surface area contributed by atoms with Crippen LogP contribution < -0.4 is 0 Å². The van der Waals surface area contributed by atoms with Gasteiger partial charge in [0.1, 0.15) is 10.9 Å². The zero-order valence-electron chi connectivity index (χ0n) is 10.6. The number of nitro groups is 1. The van der Waals surface area contributed by atoms with E-state index in [1.807, 2.05) is 0 Å². The average Bonchev–Trinajstić information content (AvgIpc) is 2.88. The first-order valence-corrected chi connectivity index (χ1v) is 7.75. The van der Waals surface area contributed by atoms with Gasteiger partial charge in [-0.05, 0) is 18.9 Å². The minimum absolute atomic E-state index is 0.0760. The van der Waals surface area contributed by atoms with Gasteiger partial charge in [0.15, 0.2) is 0 Å². The van der Waals surface area contributed by atoms with E-state index in [1.165, 1.54) is 0 Å². The van der Waals surface area contributed by atoms with Crippen molar-refractivity contribution in [3.8, 4) is 0 Å². The van der Waals surface area contributed by atoms with Crippen LogP contribution in [0.1, 0.15) is 12.8 Å².